The zero-order valence-electron chi connectivity index (χ0n) is 12.4. The maximum atomic E-state index is 12.5. The molecule has 0 saturated heterocycles. The first kappa shape index (κ1) is 16.4. The Morgan fingerprint density at radius 3 is 2.42 bits per heavy atom. The second-order valence-corrected chi connectivity index (χ2v) is 6.67. The Bertz CT molecular complexity index is 332. The van der Waals surface area contributed by atoms with Crippen LogP contribution in [0.3, 0.4) is 0 Å². The first-order chi connectivity index (χ1) is 9.11. The van der Waals surface area contributed by atoms with E-state index >= 15 is 0 Å². The summed E-state index contributed by atoms with van der Waals surface area (Å²) >= 11 is 1.88. The first-order valence-corrected chi connectivity index (χ1v) is 8.65. The number of carbonyl (C=O) groups is 1. The van der Waals surface area contributed by atoms with E-state index in [0.717, 1.165) is 25.7 Å². The molecule has 2 atom stereocenters. The van der Waals surface area contributed by atoms with E-state index in [1.165, 1.54) is 6.42 Å². The molecule has 0 heterocycles. The summed E-state index contributed by atoms with van der Waals surface area (Å²) in [6, 6.07) is 2.57. The number of hydrogen-bond acceptors (Lipinski definition) is 3. The number of nitriles is 1. The van der Waals surface area contributed by atoms with Gasteiger partial charge in [-0.1, -0.05) is 26.7 Å². The highest BCUT2D eigenvalue weighted by atomic mass is 32.2. The summed E-state index contributed by atoms with van der Waals surface area (Å²) in [6.45, 7) is 4.07. The highest BCUT2D eigenvalue weighted by Gasteiger charge is 2.38. The van der Waals surface area contributed by atoms with Gasteiger partial charge in [-0.3, -0.25) is 4.79 Å². The molecule has 0 aromatic rings. The number of nitrogens with zero attached hydrogens (tertiary/aromatic N) is 1. The zero-order valence-corrected chi connectivity index (χ0v) is 13.2. The Morgan fingerprint density at radius 1 is 1.37 bits per heavy atom. The highest BCUT2D eigenvalue weighted by Crippen LogP contribution is 2.32. The number of hydrogen-bond donors (Lipinski definition) is 1. The number of amides is 1. The summed E-state index contributed by atoms with van der Waals surface area (Å²) in [4.78, 5) is 12.5. The molecule has 1 aliphatic carbocycles. The van der Waals surface area contributed by atoms with E-state index in [1.807, 2.05) is 25.6 Å². The van der Waals surface area contributed by atoms with Gasteiger partial charge < -0.3 is 5.32 Å². The van der Waals surface area contributed by atoms with Crippen molar-refractivity contribution in [1.29, 1.82) is 5.26 Å². The molecule has 3 nitrogen and oxygen atoms in total. The molecule has 1 rings (SSSR count). The van der Waals surface area contributed by atoms with Crippen LogP contribution in [0.5, 0.6) is 0 Å². The first-order valence-electron chi connectivity index (χ1n) is 7.36. The summed E-state index contributed by atoms with van der Waals surface area (Å²) in [5, 5.41) is 13.3. The largest absolute Gasteiger partial charge is 0.352 e. The lowest BCUT2D eigenvalue weighted by atomic mass is 9.79. The summed E-state index contributed by atoms with van der Waals surface area (Å²) in [7, 11) is 0. The number of carbonyl (C=O) groups excluding carboxylic acids is 1. The van der Waals surface area contributed by atoms with Gasteiger partial charge in [0.05, 0.1) is 6.07 Å². The Labute approximate surface area is 121 Å². The molecule has 0 radical (unpaired) electrons. The van der Waals surface area contributed by atoms with E-state index < -0.39 is 5.41 Å². The van der Waals surface area contributed by atoms with Crippen LogP contribution in [0.15, 0.2) is 0 Å². The quantitative estimate of drug-likeness (QED) is 0.777. The molecule has 19 heavy (non-hydrogen) atoms. The molecule has 1 fully saturated rings. The molecule has 0 aromatic heterocycles. The lowest BCUT2D eigenvalue weighted by Crippen LogP contribution is -2.44. The second-order valence-electron chi connectivity index (χ2n) is 5.54. The van der Waals surface area contributed by atoms with Gasteiger partial charge in [0.15, 0.2) is 0 Å². The molecular formula is C15H26N2OS. The zero-order chi connectivity index (χ0) is 14.3. The molecular weight excluding hydrogens is 256 g/mol. The summed E-state index contributed by atoms with van der Waals surface area (Å²) in [5.74, 6) is -0.0366. The predicted molar refractivity (Wildman–Crippen MR) is 80.9 cm³/mol. The summed E-state index contributed by atoms with van der Waals surface area (Å²) < 4.78 is 0. The van der Waals surface area contributed by atoms with E-state index in [9.17, 15) is 10.1 Å². The van der Waals surface area contributed by atoms with Crippen LogP contribution in [0.25, 0.3) is 0 Å². The van der Waals surface area contributed by atoms with Crippen molar-refractivity contribution in [2.75, 3.05) is 6.26 Å². The number of nitrogens with one attached hydrogen (secondary N) is 1. The van der Waals surface area contributed by atoms with Crippen molar-refractivity contribution >= 4 is 17.7 Å². The van der Waals surface area contributed by atoms with Crippen LogP contribution < -0.4 is 5.32 Å². The molecule has 0 aliphatic heterocycles. The molecule has 1 saturated carbocycles. The van der Waals surface area contributed by atoms with Crippen LogP contribution in [-0.2, 0) is 4.79 Å². The van der Waals surface area contributed by atoms with Gasteiger partial charge in [0.2, 0.25) is 5.91 Å². The van der Waals surface area contributed by atoms with Gasteiger partial charge in [0, 0.05) is 11.3 Å². The fraction of sp³-hybridized carbons (Fsp3) is 0.867. The minimum atomic E-state index is -0.805. The van der Waals surface area contributed by atoms with E-state index in [4.69, 9.17) is 0 Å². The molecule has 108 valence electrons. The molecule has 1 amide bonds. The fourth-order valence-electron chi connectivity index (χ4n) is 2.98. The standard InChI is InChI=1S/C15H26N2OS/c1-4-8-15(11-16,9-5-2)14(18)17-12-6-7-13(10-12)19-3/h12-13H,4-10H2,1-3H3,(H,17,18). The molecule has 1 aliphatic rings. The molecule has 1 N–H and O–H groups in total. The monoisotopic (exact) mass is 282 g/mol. The van der Waals surface area contributed by atoms with Crippen LogP contribution >= 0.6 is 11.8 Å². The third-order valence-electron chi connectivity index (χ3n) is 4.06. The Kier molecular flexibility index (Phi) is 6.71. The van der Waals surface area contributed by atoms with Gasteiger partial charge in [0.25, 0.3) is 0 Å². The van der Waals surface area contributed by atoms with Crippen LogP contribution in [0.4, 0.5) is 0 Å². The second kappa shape index (κ2) is 7.79. The van der Waals surface area contributed by atoms with Crippen molar-refractivity contribution in [3.05, 3.63) is 0 Å². The van der Waals surface area contributed by atoms with E-state index in [1.54, 1.807) is 0 Å². The third-order valence-corrected chi connectivity index (χ3v) is 5.15. The van der Waals surface area contributed by atoms with Gasteiger partial charge >= 0.3 is 0 Å². The van der Waals surface area contributed by atoms with Crippen LogP contribution in [0.2, 0.25) is 0 Å². The fourth-order valence-corrected chi connectivity index (χ4v) is 3.77. The molecule has 2 unspecified atom stereocenters. The third kappa shape index (κ3) is 4.14. The molecule has 0 spiro atoms. The van der Waals surface area contributed by atoms with Crippen LogP contribution in [0.1, 0.15) is 58.8 Å². The predicted octanol–water partition coefficient (Wildman–Crippen LogP) is 3.50. The van der Waals surface area contributed by atoms with Crippen molar-refractivity contribution in [3.63, 3.8) is 0 Å². The van der Waals surface area contributed by atoms with Crippen molar-refractivity contribution in [2.45, 2.75) is 70.1 Å². The Morgan fingerprint density at radius 2 is 2.00 bits per heavy atom. The average molecular weight is 282 g/mol. The van der Waals surface area contributed by atoms with Crippen molar-refractivity contribution < 1.29 is 4.79 Å². The SMILES string of the molecule is CCCC(C#N)(CCC)C(=O)NC1CCC(SC)C1. The van der Waals surface area contributed by atoms with E-state index in [2.05, 4.69) is 17.6 Å². The minimum Gasteiger partial charge on any atom is -0.352 e. The average Bonchev–Trinajstić information content (AvgIpc) is 2.86. The van der Waals surface area contributed by atoms with Gasteiger partial charge in [0.1, 0.15) is 5.41 Å². The van der Waals surface area contributed by atoms with Crippen LogP contribution in [-0.4, -0.2) is 23.5 Å². The minimum absolute atomic E-state index is 0.0366. The highest BCUT2D eigenvalue weighted by molar-refractivity contribution is 7.99. The summed E-state index contributed by atoms with van der Waals surface area (Å²) in [6.07, 6.45) is 8.49. The summed E-state index contributed by atoms with van der Waals surface area (Å²) in [5.41, 5.74) is -0.805. The van der Waals surface area contributed by atoms with Crippen molar-refractivity contribution in [2.24, 2.45) is 5.41 Å². The molecule has 0 bridgehead atoms. The van der Waals surface area contributed by atoms with E-state index in [-0.39, 0.29) is 11.9 Å². The maximum absolute atomic E-state index is 12.5. The molecule has 4 heteroatoms. The Balaban J connectivity index is 2.65. The lowest BCUT2D eigenvalue weighted by molar-refractivity contribution is -0.129. The van der Waals surface area contributed by atoms with Crippen molar-refractivity contribution in [1.82, 2.24) is 5.32 Å². The number of rotatable bonds is 7. The number of thioether (sulfide) groups is 1. The van der Waals surface area contributed by atoms with Crippen molar-refractivity contribution in [3.8, 4) is 6.07 Å². The smallest absolute Gasteiger partial charge is 0.240 e. The maximum Gasteiger partial charge on any atom is 0.240 e. The van der Waals surface area contributed by atoms with Gasteiger partial charge in [-0.2, -0.15) is 17.0 Å². The van der Waals surface area contributed by atoms with Gasteiger partial charge in [-0.05, 0) is 38.4 Å². The molecule has 0 aromatic carbocycles. The normalized spacial score (nSPS) is 23.1. The topological polar surface area (TPSA) is 52.9 Å². The Hall–Kier alpha value is -0.690. The van der Waals surface area contributed by atoms with E-state index in [0.29, 0.717) is 18.1 Å². The van der Waals surface area contributed by atoms with Gasteiger partial charge in [-0.15, -0.1) is 0 Å². The van der Waals surface area contributed by atoms with Crippen LogP contribution in [0, 0.1) is 16.7 Å². The lowest BCUT2D eigenvalue weighted by Gasteiger charge is -2.26. The van der Waals surface area contributed by atoms with Gasteiger partial charge in [-0.25, -0.2) is 0 Å².